The number of anilines is 3. The van der Waals surface area contributed by atoms with Gasteiger partial charge in [0.15, 0.2) is 0 Å². The summed E-state index contributed by atoms with van der Waals surface area (Å²) >= 11 is 0. The lowest BCUT2D eigenvalue weighted by atomic mass is 9.97. The first-order valence-corrected chi connectivity index (χ1v) is 9.47. The highest BCUT2D eigenvalue weighted by atomic mass is 19.4. The van der Waals surface area contributed by atoms with Gasteiger partial charge in [-0.2, -0.15) is 13.2 Å². The Balaban J connectivity index is 1.55. The van der Waals surface area contributed by atoms with Crippen LogP contribution in [0.2, 0.25) is 0 Å². The summed E-state index contributed by atoms with van der Waals surface area (Å²) in [6.45, 7) is 0.767. The molecule has 2 aromatic carbocycles. The highest BCUT2D eigenvalue weighted by molar-refractivity contribution is 5.94. The number of hydrogen-bond acceptors (Lipinski definition) is 4. The number of nitrogens with two attached hydrogens (primary N) is 1. The van der Waals surface area contributed by atoms with E-state index in [0.29, 0.717) is 42.5 Å². The molecular weight excluding hydrogens is 412 g/mol. The molecule has 0 bridgehead atoms. The molecule has 1 aromatic heterocycles. The minimum Gasteiger partial charge on any atom is -0.397 e. The summed E-state index contributed by atoms with van der Waals surface area (Å²) in [5.74, 6) is -1.19. The molecule has 2 heterocycles. The number of carbonyl (C=O) groups excluding carboxylic acids is 1. The summed E-state index contributed by atoms with van der Waals surface area (Å²) < 4.78 is 52.6. The maximum atomic E-state index is 14.3. The summed E-state index contributed by atoms with van der Waals surface area (Å²) in [5, 5.41) is 2.89. The second-order valence-electron chi connectivity index (χ2n) is 7.24. The maximum Gasteiger partial charge on any atom is 0.416 e. The predicted molar refractivity (Wildman–Crippen MR) is 108 cm³/mol. The van der Waals surface area contributed by atoms with E-state index in [-0.39, 0.29) is 11.6 Å². The highest BCUT2D eigenvalue weighted by Gasteiger charge is 2.31. The number of nitrogens with zero attached hydrogens (tertiary/aromatic N) is 2. The molecular formula is C22H18F4N4O. The average Bonchev–Trinajstić information content (AvgIpc) is 2.73. The molecule has 1 amide bonds. The molecule has 1 aliphatic rings. The van der Waals surface area contributed by atoms with Gasteiger partial charge in [-0.25, -0.2) is 4.39 Å². The van der Waals surface area contributed by atoms with Gasteiger partial charge in [0.2, 0.25) is 0 Å². The Morgan fingerprint density at radius 3 is 2.61 bits per heavy atom. The van der Waals surface area contributed by atoms with Crippen molar-refractivity contribution in [2.24, 2.45) is 0 Å². The third-order valence-corrected chi connectivity index (χ3v) is 5.13. The fourth-order valence-electron chi connectivity index (χ4n) is 3.60. The zero-order valence-corrected chi connectivity index (χ0v) is 16.2. The van der Waals surface area contributed by atoms with Crippen LogP contribution in [-0.2, 0) is 19.1 Å². The molecule has 0 aliphatic carbocycles. The number of fused-ring (bicyclic) bond motifs is 1. The first-order chi connectivity index (χ1) is 14.7. The standard InChI is InChI=1S/C22H18F4N4O/c23-18-9-15(22(24,25)26)4-5-20(18)29-19-3-1-2-13-12-30(7-6-17(13)19)21(31)14-8-16(27)11-28-10-14/h1-5,8-11,29H,6-7,12,27H2. The van der Waals surface area contributed by atoms with Gasteiger partial charge >= 0.3 is 6.18 Å². The van der Waals surface area contributed by atoms with Gasteiger partial charge in [0.05, 0.1) is 22.5 Å². The number of carbonyl (C=O) groups is 1. The Hall–Kier alpha value is -3.62. The van der Waals surface area contributed by atoms with E-state index in [2.05, 4.69) is 10.3 Å². The highest BCUT2D eigenvalue weighted by Crippen LogP contribution is 2.34. The zero-order valence-electron chi connectivity index (χ0n) is 16.2. The summed E-state index contributed by atoms with van der Waals surface area (Å²) in [6, 6.07) is 9.28. The van der Waals surface area contributed by atoms with E-state index >= 15 is 0 Å². The van der Waals surface area contributed by atoms with E-state index in [9.17, 15) is 22.4 Å². The molecule has 5 nitrogen and oxygen atoms in total. The Bertz CT molecular complexity index is 1150. The molecule has 160 valence electrons. The lowest BCUT2D eigenvalue weighted by Gasteiger charge is -2.30. The molecule has 0 unspecified atom stereocenters. The molecule has 0 saturated carbocycles. The smallest absolute Gasteiger partial charge is 0.397 e. The third kappa shape index (κ3) is 4.30. The van der Waals surface area contributed by atoms with Gasteiger partial charge in [-0.05, 0) is 47.9 Å². The van der Waals surface area contributed by atoms with Gasteiger partial charge in [-0.3, -0.25) is 9.78 Å². The largest absolute Gasteiger partial charge is 0.416 e. The van der Waals surface area contributed by atoms with Crippen LogP contribution in [0.5, 0.6) is 0 Å². The monoisotopic (exact) mass is 430 g/mol. The molecule has 3 aromatic rings. The molecule has 9 heteroatoms. The second-order valence-corrected chi connectivity index (χ2v) is 7.24. The number of rotatable bonds is 3. The van der Waals surface area contributed by atoms with Gasteiger partial charge in [0.1, 0.15) is 5.82 Å². The molecule has 0 saturated heterocycles. The van der Waals surface area contributed by atoms with Crippen molar-refractivity contribution in [3.63, 3.8) is 0 Å². The third-order valence-electron chi connectivity index (χ3n) is 5.13. The minimum atomic E-state index is -4.61. The fourth-order valence-corrected chi connectivity index (χ4v) is 3.60. The van der Waals surface area contributed by atoms with Crippen molar-refractivity contribution < 1.29 is 22.4 Å². The number of aromatic nitrogens is 1. The lowest BCUT2D eigenvalue weighted by molar-refractivity contribution is -0.137. The van der Waals surface area contributed by atoms with Crippen LogP contribution >= 0.6 is 0 Å². The number of amides is 1. The van der Waals surface area contributed by atoms with Crippen molar-refractivity contribution in [1.82, 2.24) is 9.88 Å². The van der Waals surface area contributed by atoms with E-state index in [1.807, 2.05) is 6.07 Å². The van der Waals surface area contributed by atoms with Crippen molar-refractivity contribution in [2.75, 3.05) is 17.6 Å². The molecule has 31 heavy (non-hydrogen) atoms. The topological polar surface area (TPSA) is 71.2 Å². The molecule has 1 aliphatic heterocycles. The van der Waals surface area contributed by atoms with Crippen molar-refractivity contribution >= 4 is 23.0 Å². The average molecular weight is 430 g/mol. The number of nitrogen functional groups attached to an aromatic ring is 1. The van der Waals surface area contributed by atoms with Crippen molar-refractivity contribution in [2.45, 2.75) is 19.1 Å². The SMILES string of the molecule is Nc1cncc(C(=O)N2CCc3c(cccc3Nc3ccc(C(F)(F)F)cc3F)C2)c1. The van der Waals surface area contributed by atoms with Crippen molar-refractivity contribution in [1.29, 1.82) is 0 Å². The number of halogens is 4. The first-order valence-electron chi connectivity index (χ1n) is 9.47. The predicted octanol–water partition coefficient (Wildman–Crippen LogP) is 4.76. The zero-order chi connectivity index (χ0) is 22.2. The van der Waals surface area contributed by atoms with Crippen LogP contribution in [-0.4, -0.2) is 22.3 Å². The summed E-state index contributed by atoms with van der Waals surface area (Å²) in [7, 11) is 0. The van der Waals surface area contributed by atoms with Crippen LogP contribution in [0, 0.1) is 5.82 Å². The molecule has 0 radical (unpaired) electrons. The van der Waals surface area contributed by atoms with E-state index in [4.69, 9.17) is 5.73 Å². The number of nitrogens with one attached hydrogen (secondary N) is 1. The molecule has 4 rings (SSSR count). The van der Waals surface area contributed by atoms with E-state index in [1.54, 1.807) is 23.1 Å². The molecule has 0 atom stereocenters. The van der Waals surface area contributed by atoms with Crippen LogP contribution in [0.1, 0.15) is 27.0 Å². The van der Waals surface area contributed by atoms with Crippen LogP contribution in [0.4, 0.5) is 34.6 Å². The van der Waals surface area contributed by atoms with Crippen LogP contribution in [0.3, 0.4) is 0 Å². The minimum absolute atomic E-state index is 0.0502. The number of pyridine rings is 1. The van der Waals surface area contributed by atoms with Gasteiger partial charge in [0, 0.05) is 31.2 Å². The number of alkyl halides is 3. The summed E-state index contributed by atoms with van der Waals surface area (Å²) in [5.41, 5.74) is 7.75. The lowest BCUT2D eigenvalue weighted by Crippen LogP contribution is -2.36. The fraction of sp³-hybridized carbons (Fsp3) is 0.182. The Morgan fingerprint density at radius 2 is 1.90 bits per heavy atom. The molecule has 0 fully saturated rings. The van der Waals surface area contributed by atoms with Gasteiger partial charge in [-0.15, -0.1) is 0 Å². The second kappa shape index (κ2) is 7.90. The summed E-state index contributed by atoms with van der Waals surface area (Å²) in [6.07, 6.45) is -1.19. The number of benzene rings is 2. The van der Waals surface area contributed by atoms with E-state index in [1.165, 1.54) is 12.4 Å². The van der Waals surface area contributed by atoms with Gasteiger partial charge < -0.3 is 16.0 Å². The molecule has 0 spiro atoms. The molecule has 3 N–H and O–H groups in total. The normalized spacial score (nSPS) is 13.6. The van der Waals surface area contributed by atoms with Crippen LogP contribution < -0.4 is 11.1 Å². The van der Waals surface area contributed by atoms with Crippen molar-refractivity contribution in [3.05, 3.63) is 82.9 Å². The number of hydrogen-bond donors (Lipinski definition) is 2. The van der Waals surface area contributed by atoms with E-state index in [0.717, 1.165) is 23.3 Å². The quantitative estimate of drug-likeness (QED) is 0.588. The Morgan fingerprint density at radius 1 is 1.10 bits per heavy atom. The van der Waals surface area contributed by atoms with E-state index < -0.39 is 17.6 Å². The maximum absolute atomic E-state index is 14.3. The Kier molecular flexibility index (Phi) is 5.26. The van der Waals surface area contributed by atoms with Gasteiger partial charge in [-0.1, -0.05) is 12.1 Å². The van der Waals surface area contributed by atoms with Crippen LogP contribution in [0.15, 0.2) is 54.9 Å². The van der Waals surface area contributed by atoms with Crippen molar-refractivity contribution in [3.8, 4) is 0 Å². The van der Waals surface area contributed by atoms with Crippen LogP contribution in [0.25, 0.3) is 0 Å². The van der Waals surface area contributed by atoms with Gasteiger partial charge in [0.25, 0.3) is 5.91 Å². The Labute approximate surface area is 175 Å². The summed E-state index contributed by atoms with van der Waals surface area (Å²) in [4.78, 5) is 18.4. The first kappa shape index (κ1) is 20.6.